The molecule has 0 saturated heterocycles. The molecule has 0 atom stereocenters. The molecule has 0 saturated carbocycles. The zero-order valence-corrected chi connectivity index (χ0v) is 21.0. The van der Waals surface area contributed by atoms with Crippen LogP contribution in [0, 0.1) is 0 Å². The van der Waals surface area contributed by atoms with Gasteiger partial charge in [-0.15, -0.1) is 0 Å². The van der Waals surface area contributed by atoms with Gasteiger partial charge in [0.25, 0.3) is 0 Å². The third-order valence-corrected chi connectivity index (χ3v) is 5.28. The normalized spacial score (nSPS) is 10.8. The molecule has 0 radical (unpaired) electrons. The van der Waals surface area contributed by atoms with Crippen LogP contribution >= 0.6 is 0 Å². The summed E-state index contributed by atoms with van der Waals surface area (Å²) in [5.74, 6) is 0. The largest absolute Gasteiger partial charge is 1.00 e. The van der Waals surface area contributed by atoms with Crippen LogP contribution in [-0.2, 0) is 4.74 Å². The van der Waals surface area contributed by atoms with Crippen LogP contribution in [0.5, 0.6) is 0 Å². The molecule has 0 heterocycles. The molecule has 0 spiro atoms. The predicted octanol–water partition coefficient (Wildman–Crippen LogP) is 5.96. The van der Waals surface area contributed by atoms with Crippen molar-refractivity contribution in [2.45, 2.75) is 142 Å². The number of hydrogen-bond donors (Lipinski definition) is 0. The molecule has 26 heavy (non-hydrogen) atoms. The van der Waals surface area contributed by atoms with Gasteiger partial charge in [-0.25, -0.2) is 0 Å². The average Bonchev–Trinajstić information content (AvgIpc) is 2.63. The fourth-order valence-corrected chi connectivity index (χ4v) is 3.49. The van der Waals surface area contributed by atoms with Crippen LogP contribution in [0.3, 0.4) is 0 Å². The number of unbranched alkanes of at least 4 members (excludes halogenated alkanes) is 18. The summed E-state index contributed by atoms with van der Waals surface area (Å²) in [7, 11) is 0. The Balaban J connectivity index is -0.00000288. The van der Waals surface area contributed by atoms with Crippen LogP contribution in [0.15, 0.2) is 0 Å². The van der Waals surface area contributed by atoms with Gasteiger partial charge in [0.1, 0.15) is 0 Å². The number of hydrogen-bond acceptors (Lipinski definition) is 1. The van der Waals surface area contributed by atoms with E-state index in [2.05, 4.69) is 13.8 Å². The summed E-state index contributed by atoms with van der Waals surface area (Å²) in [5, 5.41) is 0. The van der Waals surface area contributed by atoms with Crippen molar-refractivity contribution in [1.82, 2.24) is 0 Å². The Morgan fingerprint density at radius 3 is 0.885 bits per heavy atom. The summed E-state index contributed by atoms with van der Waals surface area (Å²) in [4.78, 5) is 0. The fraction of sp³-hybridized carbons (Fsp3) is 1.00. The predicted molar refractivity (Wildman–Crippen MR) is 116 cm³/mol. The number of ether oxygens (including phenoxy) is 1. The third-order valence-electron chi connectivity index (χ3n) is 5.28. The summed E-state index contributed by atoms with van der Waals surface area (Å²) < 4.78 is 5.78. The van der Waals surface area contributed by atoms with E-state index in [1.807, 2.05) is 0 Å². The first-order valence-electron chi connectivity index (χ1n) is 12.0. The molecule has 0 rings (SSSR count). The minimum Gasteiger partial charge on any atom is -1.00 e. The zero-order chi connectivity index (χ0) is 18.3. The van der Waals surface area contributed by atoms with E-state index in [-0.39, 0.29) is 31.0 Å². The first-order chi connectivity index (χ1) is 12.4. The Hall–Kier alpha value is 0.960. The second kappa shape index (κ2) is 28.2. The van der Waals surface area contributed by atoms with Gasteiger partial charge in [-0.05, 0) is 12.8 Å². The summed E-state index contributed by atoms with van der Waals surface area (Å²) >= 11 is 0. The maximum Gasteiger partial charge on any atom is 1.00 e. The van der Waals surface area contributed by atoms with E-state index in [4.69, 9.17) is 4.74 Å². The summed E-state index contributed by atoms with van der Waals surface area (Å²) in [6.07, 6.45) is 28.2. The molecule has 0 aromatic carbocycles. The maximum absolute atomic E-state index is 5.78. The second-order valence-corrected chi connectivity index (χ2v) is 7.98. The molecule has 0 aliphatic rings. The molecule has 0 aromatic heterocycles. The van der Waals surface area contributed by atoms with Crippen LogP contribution in [0.25, 0.3) is 0 Å². The van der Waals surface area contributed by atoms with Crippen molar-refractivity contribution in [1.29, 1.82) is 0 Å². The average molecular weight is 379 g/mol. The Morgan fingerprint density at radius 1 is 0.385 bits per heavy atom. The van der Waals surface area contributed by atoms with Gasteiger partial charge in [0.15, 0.2) is 0 Å². The van der Waals surface area contributed by atoms with Crippen molar-refractivity contribution in [3.63, 3.8) is 0 Å². The van der Waals surface area contributed by atoms with Crippen molar-refractivity contribution in [2.24, 2.45) is 0 Å². The van der Waals surface area contributed by atoms with E-state index in [1.165, 1.54) is 128 Å². The van der Waals surface area contributed by atoms with Gasteiger partial charge in [0.2, 0.25) is 0 Å². The maximum atomic E-state index is 5.78. The number of rotatable bonds is 22. The van der Waals surface area contributed by atoms with E-state index in [0.29, 0.717) is 0 Å². The molecule has 0 unspecified atom stereocenters. The topological polar surface area (TPSA) is 9.23 Å². The Kier molecular flexibility index (Phi) is 31.6. The van der Waals surface area contributed by atoms with Crippen LogP contribution < -0.4 is 29.6 Å². The van der Waals surface area contributed by atoms with Crippen molar-refractivity contribution < 1.29 is 35.7 Å². The molecule has 0 N–H and O–H groups in total. The van der Waals surface area contributed by atoms with Gasteiger partial charge < -0.3 is 6.16 Å². The molecule has 154 valence electrons. The van der Waals surface area contributed by atoms with Gasteiger partial charge in [0.05, 0.1) is 0 Å². The van der Waals surface area contributed by atoms with E-state index >= 15 is 0 Å². The van der Waals surface area contributed by atoms with Crippen LogP contribution in [-0.4, -0.2) is 13.2 Å². The van der Waals surface area contributed by atoms with Crippen LogP contribution in [0.1, 0.15) is 144 Å². The standard InChI is InChI=1S/C24H50O.Na.H/c1-3-5-7-9-11-13-15-17-19-21-23-25-24-22-20-18-16-14-12-10-8-6-4-2;;/h3-24H2,1-2H3;;/q;+1;-1. The SMILES string of the molecule is CCCCCCCCCCCCOCCCCCCCCCCCC.[H-].[Na+]. The first kappa shape index (κ1) is 29.2. The van der Waals surface area contributed by atoms with E-state index < -0.39 is 0 Å². The Labute approximate surface area is 190 Å². The van der Waals surface area contributed by atoms with Crippen molar-refractivity contribution in [3.8, 4) is 0 Å². The van der Waals surface area contributed by atoms with Gasteiger partial charge in [0, 0.05) is 13.2 Å². The molecule has 0 aliphatic heterocycles. The molecular formula is C24H51NaO. The molecule has 0 amide bonds. The molecule has 0 fully saturated rings. The zero-order valence-electron chi connectivity index (χ0n) is 20.0. The summed E-state index contributed by atoms with van der Waals surface area (Å²) in [5.41, 5.74) is 0. The van der Waals surface area contributed by atoms with E-state index in [0.717, 1.165) is 13.2 Å². The van der Waals surface area contributed by atoms with Crippen LogP contribution in [0.4, 0.5) is 0 Å². The Morgan fingerprint density at radius 2 is 0.615 bits per heavy atom. The van der Waals surface area contributed by atoms with Gasteiger partial charge in [-0.2, -0.15) is 0 Å². The minimum atomic E-state index is 0. The van der Waals surface area contributed by atoms with E-state index in [9.17, 15) is 0 Å². The quantitative estimate of drug-likeness (QED) is 0.167. The van der Waals surface area contributed by atoms with E-state index in [1.54, 1.807) is 0 Å². The summed E-state index contributed by atoms with van der Waals surface area (Å²) in [6, 6.07) is 0. The van der Waals surface area contributed by atoms with Gasteiger partial charge >= 0.3 is 29.6 Å². The smallest absolute Gasteiger partial charge is 1.00 e. The molecular weight excluding hydrogens is 327 g/mol. The minimum absolute atomic E-state index is 0. The molecule has 1 nitrogen and oxygen atoms in total. The fourth-order valence-electron chi connectivity index (χ4n) is 3.49. The monoisotopic (exact) mass is 378 g/mol. The van der Waals surface area contributed by atoms with Gasteiger partial charge in [-0.3, -0.25) is 0 Å². The molecule has 0 bridgehead atoms. The Bertz CT molecular complexity index is 204. The van der Waals surface area contributed by atoms with Crippen molar-refractivity contribution >= 4 is 0 Å². The van der Waals surface area contributed by atoms with Crippen molar-refractivity contribution in [3.05, 3.63) is 0 Å². The molecule has 2 heteroatoms. The molecule has 0 aromatic rings. The van der Waals surface area contributed by atoms with Crippen molar-refractivity contribution in [2.75, 3.05) is 13.2 Å². The molecule has 0 aliphatic carbocycles. The first-order valence-corrected chi connectivity index (χ1v) is 12.0. The van der Waals surface area contributed by atoms with Crippen LogP contribution in [0.2, 0.25) is 0 Å². The van der Waals surface area contributed by atoms with Gasteiger partial charge in [-0.1, -0.05) is 129 Å². The second-order valence-electron chi connectivity index (χ2n) is 7.98. The third kappa shape index (κ3) is 27.2. The summed E-state index contributed by atoms with van der Waals surface area (Å²) in [6.45, 7) is 6.57.